The van der Waals surface area contributed by atoms with Gasteiger partial charge in [-0.05, 0) is 32.5 Å². The van der Waals surface area contributed by atoms with Gasteiger partial charge in [-0.1, -0.05) is 6.92 Å². The predicted molar refractivity (Wildman–Crippen MR) is 105 cm³/mol. The monoisotopic (exact) mass is 368 g/mol. The number of fused-ring (bicyclic) bond motifs is 1. The third-order valence-corrected chi connectivity index (χ3v) is 5.79. The van der Waals surface area contributed by atoms with Crippen molar-refractivity contribution in [1.82, 2.24) is 24.3 Å². The summed E-state index contributed by atoms with van der Waals surface area (Å²) in [5.74, 6) is 0.772. The average Bonchev–Trinajstić information content (AvgIpc) is 3.16. The van der Waals surface area contributed by atoms with Crippen molar-refractivity contribution in [3.8, 4) is 0 Å². The second-order valence-corrected chi connectivity index (χ2v) is 7.51. The second-order valence-electron chi connectivity index (χ2n) is 7.51. The van der Waals surface area contributed by atoms with Gasteiger partial charge in [-0.2, -0.15) is 0 Å². The van der Waals surface area contributed by atoms with Crippen LogP contribution in [-0.4, -0.2) is 70.0 Å². The fourth-order valence-corrected chi connectivity index (χ4v) is 4.12. The lowest BCUT2D eigenvalue weighted by Crippen LogP contribution is -2.45. The van der Waals surface area contributed by atoms with Crippen molar-refractivity contribution in [2.45, 2.75) is 32.9 Å². The van der Waals surface area contributed by atoms with Crippen LogP contribution in [-0.2, 0) is 6.54 Å². The highest BCUT2D eigenvalue weighted by Crippen LogP contribution is 2.30. The number of hydrogen-bond donors (Lipinski definition) is 0. The highest BCUT2D eigenvalue weighted by molar-refractivity contribution is 5.95. The molecule has 2 aliphatic rings. The first-order valence-corrected chi connectivity index (χ1v) is 9.81. The minimum atomic E-state index is 0.0386. The Morgan fingerprint density at radius 2 is 1.96 bits per heavy atom. The van der Waals surface area contributed by atoms with Gasteiger partial charge in [-0.15, -0.1) is 0 Å². The number of aromatic nitrogens is 3. The molecule has 0 radical (unpaired) electrons. The molecule has 2 aromatic heterocycles. The molecule has 1 atom stereocenters. The maximum atomic E-state index is 13.3. The Morgan fingerprint density at radius 3 is 2.67 bits per heavy atom. The molecular formula is C20H28N6O. The summed E-state index contributed by atoms with van der Waals surface area (Å²) < 4.78 is 2.25. The van der Waals surface area contributed by atoms with Gasteiger partial charge in [0.2, 0.25) is 5.95 Å². The van der Waals surface area contributed by atoms with Gasteiger partial charge < -0.3 is 19.3 Å². The highest BCUT2D eigenvalue weighted by atomic mass is 16.2. The van der Waals surface area contributed by atoms with E-state index in [2.05, 4.69) is 56.6 Å². The molecule has 1 fully saturated rings. The van der Waals surface area contributed by atoms with Gasteiger partial charge in [0.25, 0.3) is 5.91 Å². The van der Waals surface area contributed by atoms with Crippen LogP contribution in [0.4, 0.5) is 5.95 Å². The lowest BCUT2D eigenvalue weighted by Gasteiger charge is -2.37. The van der Waals surface area contributed by atoms with Crippen molar-refractivity contribution in [3.63, 3.8) is 0 Å². The molecular weight excluding hydrogens is 340 g/mol. The summed E-state index contributed by atoms with van der Waals surface area (Å²) >= 11 is 0. The van der Waals surface area contributed by atoms with Crippen molar-refractivity contribution >= 4 is 11.9 Å². The smallest absolute Gasteiger partial charge is 0.257 e. The molecule has 4 rings (SSSR count). The van der Waals surface area contributed by atoms with Gasteiger partial charge in [0.1, 0.15) is 0 Å². The Labute approximate surface area is 160 Å². The zero-order valence-corrected chi connectivity index (χ0v) is 16.4. The fraction of sp³-hybridized carbons (Fsp3) is 0.550. The van der Waals surface area contributed by atoms with Crippen molar-refractivity contribution in [2.75, 3.05) is 44.7 Å². The van der Waals surface area contributed by atoms with Crippen LogP contribution in [0, 0.1) is 6.92 Å². The largest absolute Gasteiger partial charge is 0.348 e. The van der Waals surface area contributed by atoms with E-state index in [0.29, 0.717) is 5.56 Å². The number of carbonyl (C=O) groups excluding carboxylic acids is 1. The van der Waals surface area contributed by atoms with Crippen LogP contribution in [0.5, 0.6) is 0 Å². The molecule has 144 valence electrons. The van der Waals surface area contributed by atoms with E-state index in [1.165, 1.54) is 5.69 Å². The zero-order valence-electron chi connectivity index (χ0n) is 16.4. The molecule has 0 spiro atoms. The quantitative estimate of drug-likeness (QED) is 0.829. The van der Waals surface area contributed by atoms with Gasteiger partial charge in [-0.3, -0.25) is 4.79 Å². The Hall–Kier alpha value is -2.41. The van der Waals surface area contributed by atoms with Crippen molar-refractivity contribution < 1.29 is 4.79 Å². The molecule has 0 N–H and O–H groups in total. The molecule has 4 heterocycles. The molecule has 1 saturated heterocycles. The second kappa shape index (κ2) is 7.31. The average molecular weight is 368 g/mol. The van der Waals surface area contributed by atoms with E-state index in [1.807, 2.05) is 11.8 Å². The fourth-order valence-electron chi connectivity index (χ4n) is 4.12. The number of carbonyl (C=O) groups is 1. The van der Waals surface area contributed by atoms with Crippen LogP contribution in [0.25, 0.3) is 0 Å². The Kier molecular flexibility index (Phi) is 4.86. The number of rotatable bonds is 3. The first kappa shape index (κ1) is 18.0. The van der Waals surface area contributed by atoms with E-state index in [-0.39, 0.29) is 11.9 Å². The molecule has 27 heavy (non-hydrogen) atoms. The first-order valence-electron chi connectivity index (χ1n) is 9.81. The molecule has 2 aliphatic heterocycles. The summed E-state index contributed by atoms with van der Waals surface area (Å²) in [4.78, 5) is 29.0. The molecule has 0 unspecified atom stereocenters. The van der Waals surface area contributed by atoms with Crippen LogP contribution in [0.2, 0.25) is 0 Å². The highest BCUT2D eigenvalue weighted by Gasteiger charge is 2.31. The summed E-state index contributed by atoms with van der Waals surface area (Å²) in [7, 11) is 2.13. The van der Waals surface area contributed by atoms with Crippen LogP contribution in [0.1, 0.15) is 41.1 Å². The van der Waals surface area contributed by atoms with E-state index in [9.17, 15) is 4.79 Å². The van der Waals surface area contributed by atoms with Gasteiger partial charge in [-0.25, -0.2) is 9.97 Å². The van der Waals surface area contributed by atoms with Crippen LogP contribution < -0.4 is 4.90 Å². The third-order valence-electron chi connectivity index (χ3n) is 5.79. The molecule has 2 aromatic rings. The Balaban J connectivity index is 1.55. The lowest BCUT2D eigenvalue weighted by atomic mass is 10.0. The number of hydrogen-bond acceptors (Lipinski definition) is 5. The van der Waals surface area contributed by atoms with Gasteiger partial charge >= 0.3 is 0 Å². The van der Waals surface area contributed by atoms with Crippen molar-refractivity contribution in [1.29, 1.82) is 0 Å². The summed E-state index contributed by atoms with van der Waals surface area (Å²) in [5.41, 5.74) is 2.59. The molecule has 7 nitrogen and oxygen atoms in total. The third kappa shape index (κ3) is 3.32. The van der Waals surface area contributed by atoms with Gasteiger partial charge in [0, 0.05) is 57.4 Å². The predicted octanol–water partition coefficient (Wildman–Crippen LogP) is 1.95. The maximum Gasteiger partial charge on any atom is 0.257 e. The number of aryl methyl sites for hydroxylation is 1. The number of nitrogens with zero attached hydrogens (tertiary/aromatic N) is 6. The van der Waals surface area contributed by atoms with Crippen LogP contribution in [0.15, 0.2) is 24.5 Å². The standard InChI is InChI=1S/C20H28N6O/c1-4-17-18-6-5-7-24(18)12-13-26(17)19(27)16-14-21-20(22-15(16)2)25-10-8-23(3)9-11-25/h5-7,14,17H,4,8-13H2,1-3H3/t17-/m1/s1. The maximum absolute atomic E-state index is 13.3. The number of anilines is 1. The summed E-state index contributed by atoms with van der Waals surface area (Å²) in [6.45, 7) is 9.47. The summed E-state index contributed by atoms with van der Waals surface area (Å²) in [5, 5.41) is 0. The lowest BCUT2D eigenvalue weighted by molar-refractivity contribution is 0.0616. The van der Waals surface area contributed by atoms with Crippen molar-refractivity contribution in [2.24, 2.45) is 0 Å². The summed E-state index contributed by atoms with van der Waals surface area (Å²) in [6.07, 6.45) is 4.72. The first-order chi connectivity index (χ1) is 13.1. The van der Waals surface area contributed by atoms with E-state index in [1.54, 1.807) is 6.20 Å². The van der Waals surface area contributed by atoms with E-state index < -0.39 is 0 Å². The van der Waals surface area contributed by atoms with E-state index in [0.717, 1.165) is 57.3 Å². The SMILES string of the molecule is CC[C@@H]1c2cccn2CCN1C(=O)c1cnc(N2CCN(C)CC2)nc1C. The Morgan fingerprint density at radius 1 is 1.19 bits per heavy atom. The molecule has 0 bridgehead atoms. The van der Waals surface area contributed by atoms with E-state index >= 15 is 0 Å². The minimum Gasteiger partial charge on any atom is -0.348 e. The summed E-state index contributed by atoms with van der Waals surface area (Å²) in [6, 6.07) is 4.29. The van der Waals surface area contributed by atoms with Gasteiger partial charge in [0.15, 0.2) is 0 Å². The zero-order chi connectivity index (χ0) is 19.0. The van der Waals surface area contributed by atoms with Crippen LogP contribution in [0.3, 0.4) is 0 Å². The number of amides is 1. The molecule has 1 amide bonds. The molecule has 7 heteroatoms. The van der Waals surface area contributed by atoms with Crippen LogP contribution >= 0.6 is 0 Å². The topological polar surface area (TPSA) is 57.5 Å². The minimum absolute atomic E-state index is 0.0386. The molecule has 0 aliphatic carbocycles. The normalized spacial score (nSPS) is 20.6. The molecule has 0 saturated carbocycles. The number of piperazine rings is 1. The van der Waals surface area contributed by atoms with Gasteiger partial charge in [0.05, 0.1) is 17.3 Å². The number of likely N-dealkylation sites (N-methyl/N-ethyl adjacent to an activating group) is 1. The Bertz CT molecular complexity index is 824. The van der Waals surface area contributed by atoms with E-state index in [4.69, 9.17) is 0 Å². The van der Waals surface area contributed by atoms with Crippen molar-refractivity contribution in [3.05, 3.63) is 41.5 Å². The molecule has 0 aromatic carbocycles.